The molecular weight excluding hydrogens is 224 g/mol. The van der Waals surface area contributed by atoms with E-state index in [-0.39, 0.29) is 24.5 Å². The van der Waals surface area contributed by atoms with Gasteiger partial charge in [0.25, 0.3) is 0 Å². The number of aliphatic hydroxyl groups excluding tert-OH is 1. The van der Waals surface area contributed by atoms with Gasteiger partial charge in [0.05, 0.1) is 0 Å². The Morgan fingerprint density at radius 1 is 1.29 bits per heavy atom. The predicted octanol–water partition coefficient (Wildman–Crippen LogP) is 2.49. The van der Waals surface area contributed by atoms with Gasteiger partial charge in [0, 0.05) is 30.2 Å². The molecule has 0 aliphatic carbocycles. The lowest BCUT2D eigenvalue weighted by atomic mass is 9.85. The molecule has 0 radical (unpaired) electrons. The zero-order chi connectivity index (χ0) is 13.0. The van der Waals surface area contributed by atoms with Gasteiger partial charge >= 0.3 is 0 Å². The number of aliphatic hydroxyl groups is 1. The highest BCUT2D eigenvalue weighted by Gasteiger charge is 2.26. The molecule has 4 heteroatoms. The molecule has 1 aromatic rings. The van der Waals surface area contributed by atoms with Crippen LogP contribution in [0, 0.1) is 23.5 Å². The van der Waals surface area contributed by atoms with Gasteiger partial charge in [0.1, 0.15) is 11.6 Å². The Morgan fingerprint density at radius 2 is 1.94 bits per heavy atom. The summed E-state index contributed by atoms with van der Waals surface area (Å²) < 4.78 is 26.5. The first-order valence-electron chi connectivity index (χ1n) is 5.74. The normalized spacial score (nSPS) is 15.0. The average molecular weight is 243 g/mol. The van der Waals surface area contributed by atoms with Crippen LogP contribution in [-0.4, -0.2) is 18.8 Å². The van der Waals surface area contributed by atoms with Gasteiger partial charge in [0.15, 0.2) is 0 Å². The Labute approximate surface area is 101 Å². The summed E-state index contributed by atoms with van der Waals surface area (Å²) in [6.45, 7) is 3.89. The van der Waals surface area contributed by atoms with Crippen LogP contribution >= 0.6 is 0 Å². The molecule has 0 spiro atoms. The van der Waals surface area contributed by atoms with Crippen LogP contribution in [-0.2, 0) is 0 Å². The molecule has 0 fully saturated rings. The molecule has 0 heterocycles. The van der Waals surface area contributed by atoms with Crippen molar-refractivity contribution >= 4 is 0 Å². The first-order chi connectivity index (χ1) is 8.01. The van der Waals surface area contributed by atoms with E-state index in [1.165, 1.54) is 12.1 Å². The van der Waals surface area contributed by atoms with Crippen molar-refractivity contribution in [3.05, 3.63) is 35.4 Å². The van der Waals surface area contributed by atoms with Crippen molar-refractivity contribution in [2.24, 2.45) is 11.8 Å². The van der Waals surface area contributed by atoms with Gasteiger partial charge in [-0.3, -0.25) is 0 Å². The second-order valence-electron chi connectivity index (χ2n) is 4.52. The van der Waals surface area contributed by atoms with Gasteiger partial charge in [-0.15, -0.1) is 0 Å². The molecule has 0 aliphatic heterocycles. The van der Waals surface area contributed by atoms with Crippen LogP contribution < -0.4 is 5.32 Å². The van der Waals surface area contributed by atoms with Crippen LogP contribution in [0.5, 0.6) is 0 Å². The molecule has 2 nitrogen and oxygen atoms in total. The van der Waals surface area contributed by atoms with E-state index in [9.17, 15) is 13.9 Å². The Bertz CT molecular complexity index is 368. The molecule has 1 rings (SSSR count). The summed E-state index contributed by atoms with van der Waals surface area (Å²) in [6.07, 6.45) is 0. The van der Waals surface area contributed by atoms with Crippen LogP contribution in [0.3, 0.4) is 0 Å². The average Bonchev–Trinajstić information content (AvgIpc) is 2.26. The molecule has 0 saturated carbocycles. The number of nitrogens with one attached hydrogen (secondary N) is 1. The number of halogens is 2. The fourth-order valence-electron chi connectivity index (χ4n) is 2.06. The third-order valence-corrected chi connectivity index (χ3v) is 3.10. The zero-order valence-corrected chi connectivity index (χ0v) is 10.4. The van der Waals surface area contributed by atoms with Crippen LogP contribution in [0.15, 0.2) is 18.2 Å². The number of hydrogen-bond donors (Lipinski definition) is 2. The lowest BCUT2D eigenvalue weighted by Crippen LogP contribution is -2.31. The molecule has 2 unspecified atom stereocenters. The lowest BCUT2D eigenvalue weighted by molar-refractivity contribution is 0.152. The number of hydrogen-bond acceptors (Lipinski definition) is 2. The summed E-state index contributed by atoms with van der Waals surface area (Å²) in [4.78, 5) is 0. The van der Waals surface area contributed by atoms with E-state index in [4.69, 9.17) is 0 Å². The zero-order valence-electron chi connectivity index (χ0n) is 10.4. The number of benzene rings is 1. The van der Waals surface area contributed by atoms with E-state index in [1.54, 1.807) is 7.05 Å². The maximum absolute atomic E-state index is 13.7. The fourth-order valence-corrected chi connectivity index (χ4v) is 2.06. The Balaban J connectivity index is 3.08. The van der Waals surface area contributed by atoms with Gasteiger partial charge in [0.2, 0.25) is 0 Å². The Hall–Kier alpha value is -1.00. The van der Waals surface area contributed by atoms with Gasteiger partial charge in [-0.2, -0.15) is 0 Å². The van der Waals surface area contributed by atoms with Crippen LogP contribution in [0.4, 0.5) is 8.78 Å². The van der Waals surface area contributed by atoms with Gasteiger partial charge in [-0.05, 0) is 19.0 Å². The van der Waals surface area contributed by atoms with E-state index in [2.05, 4.69) is 5.32 Å². The fraction of sp³-hybridized carbons (Fsp3) is 0.538. The molecule has 17 heavy (non-hydrogen) atoms. The molecule has 0 aliphatic rings. The van der Waals surface area contributed by atoms with E-state index in [1.807, 2.05) is 13.8 Å². The van der Waals surface area contributed by atoms with E-state index in [0.717, 1.165) is 6.07 Å². The van der Waals surface area contributed by atoms with Crippen molar-refractivity contribution in [3.8, 4) is 0 Å². The lowest BCUT2D eigenvalue weighted by Gasteiger charge is -2.29. The molecule has 0 bridgehead atoms. The quantitative estimate of drug-likeness (QED) is 0.832. The molecule has 1 aromatic carbocycles. The van der Waals surface area contributed by atoms with Crippen molar-refractivity contribution < 1.29 is 13.9 Å². The SMILES string of the molecule is CNC(c1ccc(F)cc1F)C(CO)C(C)C. The topological polar surface area (TPSA) is 32.3 Å². The highest BCUT2D eigenvalue weighted by molar-refractivity contribution is 5.23. The minimum atomic E-state index is -0.591. The molecule has 0 saturated heterocycles. The Kier molecular flexibility index (Phi) is 5.02. The first-order valence-corrected chi connectivity index (χ1v) is 5.74. The second-order valence-corrected chi connectivity index (χ2v) is 4.52. The van der Waals surface area contributed by atoms with E-state index < -0.39 is 11.6 Å². The molecule has 96 valence electrons. The van der Waals surface area contributed by atoms with Crippen molar-refractivity contribution in [1.29, 1.82) is 0 Å². The molecular formula is C13H19F2NO. The minimum Gasteiger partial charge on any atom is -0.396 e. The summed E-state index contributed by atoms with van der Waals surface area (Å²) in [5.74, 6) is -1.09. The van der Waals surface area contributed by atoms with Crippen molar-refractivity contribution in [1.82, 2.24) is 5.32 Å². The highest BCUT2D eigenvalue weighted by atomic mass is 19.1. The molecule has 2 atom stereocenters. The minimum absolute atomic E-state index is 0.0417. The van der Waals surface area contributed by atoms with E-state index in [0.29, 0.717) is 5.56 Å². The highest BCUT2D eigenvalue weighted by Crippen LogP contribution is 2.29. The van der Waals surface area contributed by atoms with E-state index >= 15 is 0 Å². The summed E-state index contributed by atoms with van der Waals surface area (Å²) >= 11 is 0. The van der Waals surface area contributed by atoms with Crippen LogP contribution in [0.25, 0.3) is 0 Å². The van der Waals surface area contributed by atoms with Gasteiger partial charge in [-0.25, -0.2) is 8.78 Å². The smallest absolute Gasteiger partial charge is 0.130 e. The van der Waals surface area contributed by atoms with Gasteiger partial charge < -0.3 is 10.4 Å². The largest absolute Gasteiger partial charge is 0.396 e. The van der Waals surface area contributed by atoms with Gasteiger partial charge in [-0.1, -0.05) is 19.9 Å². The summed E-state index contributed by atoms with van der Waals surface area (Å²) in [5.41, 5.74) is 0.390. The summed E-state index contributed by atoms with van der Waals surface area (Å²) in [5, 5.41) is 12.4. The maximum Gasteiger partial charge on any atom is 0.130 e. The predicted molar refractivity (Wildman–Crippen MR) is 63.6 cm³/mol. The summed E-state index contributed by atoms with van der Waals surface area (Å²) in [6, 6.07) is 3.21. The summed E-state index contributed by atoms with van der Waals surface area (Å²) in [7, 11) is 1.71. The van der Waals surface area contributed by atoms with Crippen LogP contribution in [0.1, 0.15) is 25.5 Å². The van der Waals surface area contributed by atoms with Crippen molar-refractivity contribution in [3.63, 3.8) is 0 Å². The third-order valence-electron chi connectivity index (χ3n) is 3.10. The van der Waals surface area contributed by atoms with Crippen LogP contribution in [0.2, 0.25) is 0 Å². The molecule has 0 amide bonds. The monoisotopic (exact) mass is 243 g/mol. The Morgan fingerprint density at radius 3 is 2.35 bits per heavy atom. The molecule has 0 aromatic heterocycles. The van der Waals surface area contributed by atoms with Crippen molar-refractivity contribution in [2.45, 2.75) is 19.9 Å². The molecule has 2 N–H and O–H groups in total. The number of rotatable bonds is 5. The maximum atomic E-state index is 13.7. The third kappa shape index (κ3) is 3.23. The standard InChI is InChI=1S/C13H19F2NO/c1-8(2)11(7-17)13(16-3)10-5-4-9(14)6-12(10)15/h4-6,8,11,13,16-17H,7H2,1-3H3. The second kappa shape index (κ2) is 6.07. The first kappa shape index (κ1) is 14.1. The van der Waals surface area contributed by atoms with Crippen molar-refractivity contribution in [2.75, 3.05) is 13.7 Å².